The molecule has 1 saturated heterocycles. The first-order chi connectivity index (χ1) is 20.8. The third-order valence-electron chi connectivity index (χ3n) is 7.65. The molecule has 4 aromatic rings. The summed E-state index contributed by atoms with van der Waals surface area (Å²) in [7, 11) is -3.93. The van der Waals surface area contributed by atoms with Gasteiger partial charge in [0.25, 0.3) is 5.91 Å². The number of aromatic nitrogens is 1. The van der Waals surface area contributed by atoms with Gasteiger partial charge in [0.2, 0.25) is 10.0 Å². The molecule has 1 fully saturated rings. The number of sulfonamides is 1. The molecule has 1 atom stereocenters. The van der Waals surface area contributed by atoms with Gasteiger partial charge in [-0.25, -0.2) is 18.6 Å². The van der Waals surface area contributed by atoms with Crippen LogP contribution in [-0.2, 0) is 28.0 Å². The summed E-state index contributed by atoms with van der Waals surface area (Å²) >= 11 is 0. The number of pyridine rings is 1. The Morgan fingerprint density at radius 2 is 1.72 bits per heavy atom. The van der Waals surface area contributed by atoms with Gasteiger partial charge in [0.1, 0.15) is 18.4 Å². The molecule has 226 valence electrons. The molecule has 1 aliphatic rings. The number of rotatable bonds is 11. The van der Waals surface area contributed by atoms with Gasteiger partial charge < -0.3 is 4.74 Å². The first kappa shape index (κ1) is 30.6. The number of hydrogen-bond acceptors (Lipinski definition) is 8. The fourth-order valence-electron chi connectivity index (χ4n) is 5.43. The van der Waals surface area contributed by atoms with Crippen molar-refractivity contribution in [1.82, 2.24) is 25.0 Å². The Balaban J connectivity index is 1.19. The number of carbonyl (C=O) groups excluding carboxylic acids is 1. The summed E-state index contributed by atoms with van der Waals surface area (Å²) in [6.07, 6.45) is 0.811. The molecule has 5 rings (SSSR count). The van der Waals surface area contributed by atoms with E-state index in [1.807, 2.05) is 60.4 Å². The Morgan fingerprint density at radius 1 is 0.977 bits per heavy atom. The highest BCUT2D eigenvalue weighted by Crippen LogP contribution is 2.22. The fourth-order valence-corrected chi connectivity index (χ4v) is 6.47. The number of hydrogen-bond donors (Lipinski definition) is 3. The summed E-state index contributed by atoms with van der Waals surface area (Å²) in [6.45, 7) is 5.60. The predicted octanol–water partition coefficient (Wildman–Crippen LogP) is 3.48. The molecule has 3 aromatic carbocycles. The van der Waals surface area contributed by atoms with Gasteiger partial charge in [0.05, 0.1) is 10.4 Å². The average molecular weight is 604 g/mol. The van der Waals surface area contributed by atoms with Gasteiger partial charge in [0.15, 0.2) is 0 Å². The van der Waals surface area contributed by atoms with Crippen LogP contribution < -0.4 is 14.9 Å². The SMILES string of the molecule is Cc1cc(COc2ccc(S(=O)(=O)NC[C@@H](C(=O)NO)N3CCCN(Cc4ccccc4)CC3)cc2)c2ccccc2n1. The molecule has 1 aromatic heterocycles. The van der Waals surface area contributed by atoms with E-state index in [4.69, 9.17) is 4.74 Å². The van der Waals surface area contributed by atoms with Gasteiger partial charge in [-0.05, 0) is 61.9 Å². The smallest absolute Gasteiger partial charge is 0.262 e. The second kappa shape index (κ2) is 14.1. The molecular weight excluding hydrogens is 566 g/mol. The topological polar surface area (TPSA) is 124 Å². The molecular formula is C32H37N5O5S. The van der Waals surface area contributed by atoms with Crippen LogP contribution in [0.5, 0.6) is 5.75 Å². The van der Waals surface area contributed by atoms with Gasteiger partial charge in [-0.2, -0.15) is 0 Å². The highest BCUT2D eigenvalue weighted by atomic mass is 32.2. The number of fused-ring (bicyclic) bond motifs is 1. The Hall–Kier alpha value is -3.87. The average Bonchev–Trinajstić information content (AvgIpc) is 3.25. The molecule has 0 radical (unpaired) electrons. The number of carbonyl (C=O) groups is 1. The van der Waals surface area contributed by atoms with Crippen molar-refractivity contribution in [2.45, 2.75) is 37.4 Å². The molecule has 0 spiro atoms. The summed E-state index contributed by atoms with van der Waals surface area (Å²) in [4.78, 5) is 21.5. The van der Waals surface area contributed by atoms with E-state index in [0.717, 1.165) is 41.7 Å². The molecule has 43 heavy (non-hydrogen) atoms. The van der Waals surface area contributed by atoms with E-state index in [2.05, 4.69) is 26.7 Å². The second-order valence-corrected chi connectivity index (χ2v) is 12.5. The Bertz CT molecular complexity index is 1630. The maximum atomic E-state index is 13.1. The predicted molar refractivity (Wildman–Crippen MR) is 164 cm³/mol. The van der Waals surface area contributed by atoms with E-state index < -0.39 is 22.0 Å². The minimum absolute atomic E-state index is 0.0538. The molecule has 1 amide bonds. The minimum atomic E-state index is -3.93. The summed E-state index contributed by atoms with van der Waals surface area (Å²) in [5.74, 6) is -0.124. The summed E-state index contributed by atoms with van der Waals surface area (Å²) < 4.78 is 34.8. The zero-order valence-corrected chi connectivity index (χ0v) is 25.0. The van der Waals surface area contributed by atoms with Gasteiger partial charge in [-0.1, -0.05) is 48.5 Å². The zero-order chi connectivity index (χ0) is 30.2. The van der Waals surface area contributed by atoms with E-state index in [1.165, 1.54) is 17.7 Å². The standard InChI is InChI=1S/C32H37N5O5S/c1-24-20-26(29-10-5-6-11-30(29)34-24)23-42-27-12-14-28(15-13-27)43(40,41)33-21-31(32(38)35-39)37-17-7-16-36(18-19-37)22-25-8-3-2-4-9-25/h2-6,8-15,20,31,33,39H,7,16-19,21-23H2,1H3,(H,35,38)/t31-/m0/s1. The molecule has 0 bridgehead atoms. The monoisotopic (exact) mass is 603 g/mol. The van der Waals surface area contributed by atoms with Crippen molar-refractivity contribution in [2.75, 3.05) is 32.7 Å². The van der Waals surface area contributed by atoms with Crippen LogP contribution in [0.25, 0.3) is 10.9 Å². The van der Waals surface area contributed by atoms with Crippen molar-refractivity contribution in [3.8, 4) is 5.75 Å². The maximum Gasteiger partial charge on any atom is 0.262 e. The minimum Gasteiger partial charge on any atom is -0.489 e. The lowest BCUT2D eigenvalue weighted by molar-refractivity contribution is -0.134. The Kier molecular flexibility index (Phi) is 10.0. The van der Waals surface area contributed by atoms with Gasteiger partial charge >= 0.3 is 0 Å². The number of nitrogens with zero attached hydrogens (tertiary/aromatic N) is 3. The summed E-state index contributed by atoms with van der Waals surface area (Å²) in [6, 6.07) is 25.3. The highest BCUT2D eigenvalue weighted by molar-refractivity contribution is 7.89. The first-order valence-corrected chi connectivity index (χ1v) is 15.8. The lowest BCUT2D eigenvalue weighted by atomic mass is 10.1. The van der Waals surface area contributed by atoms with Crippen molar-refractivity contribution >= 4 is 26.8 Å². The molecule has 0 aliphatic carbocycles. The Labute approximate surface area is 252 Å². The number of hydroxylamine groups is 1. The van der Waals surface area contributed by atoms with Crippen LogP contribution in [0.4, 0.5) is 0 Å². The molecule has 11 heteroatoms. The summed E-state index contributed by atoms with van der Waals surface area (Å²) in [5.41, 5.74) is 5.70. The van der Waals surface area contributed by atoms with Crippen LogP contribution in [-0.4, -0.2) is 73.1 Å². The van der Waals surface area contributed by atoms with E-state index in [1.54, 1.807) is 17.6 Å². The quantitative estimate of drug-likeness (QED) is 0.176. The van der Waals surface area contributed by atoms with Crippen molar-refractivity contribution < 1.29 is 23.2 Å². The number of para-hydroxylation sites is 1. The number of nitrogens with one attached hydrogen (secondary N) is 2. The largest absolute Gasteiger partial charge is 0.489 e. The van der Waals surface area contributed by atoms with Gasteiger partial charge in [0, 0.05) is 49.4 Å². The van der Waals surface area contributed by atoms with Crippen LogP contribution in [0.1, 0.15) is 23.2 Å². The molecule has 2 heterocycles. The van der Waals surface area contributed by atoms with E-state index in [-0.39, 0.29) is 11.4 Å². The number of benzene rings is 3. The normalized spacial score (nSPS) is 15.6. The number of aryl methyl sites for hydroxylation is 1. The summed E-state index contributed by atoms with van der Waals surface area (Å²) in [5, 5.41) is 10.4. The zero-order valence-electron chi connectivity index (χ0n) is 24.1. The third kappa shape index (κ3) is 7.95. The molecule has 0 saturated carbocycles. The van der Waals surface area contributed by atoms with Gasteiger partial charge in [-0.3, -0.25) is 24.8 Å². The number of amides is 1. The van der Waals surface area contributed by atoms with Crippen molar-refractivity contribution in [3.05, 3.63) is 102 Å². The number of ether oxygens (including phenoxy) is 1. The molecule has 0 unspecified atom stereocenters. The van der Waals surface area contributed by atoms with Crippen LogP contribution in [0.2, 0.25) is 0 Å². The molecule has 3 N–H and O–H groups in total. The van der Waals surface area contributed by atoms with Crippen LogP contribution in [0.15, 0.2) is 89.8 Å². The highest BCUT2D eigenvalue weighted by Gasteiger charge is 2.29. The molecule has 10 nitrogen and oxygen atoms in total. The second-order valence-electron chi connectivity index (χ2n) is 10.7. The third-order valence-corrected chi connectivity index (χ3v) is 9.09. The fraction of sp³-hybridized carbons (Fsp3) is 0.312. The Morgan fingerprint density at radius 3 is 2.49 bits per heavy atom. The van der Waals surface area contributed by atoms with Crippen molar-refractivity contribution in [1.29, 1.82) is 0 Å². The van der Waals surface area contributed by atoms with E-state index in [0.29, 0.717) is 32.0 Å². The van der Waals surface area contributed by atoms with Crippen LogP contribution in [0, 0.1) is 6.92 Å². The first-order valence-electron chi connectivity index (χ1n) is 14.3. The molecule has 1 aliphatic heterocycles. The van der Waals surface area contributed by atoms with E-state index >= 15 is 0 Å². The van der Waals surface area contributed by atoms with Crippen LogP contribution in [0.3, 0.4) is 0 Å². The lowest BCUT2D eigenvalue weighted by Crippen LogP contribution is -2.53. The van der Waals surface area contributed by atoms with Crippen molar-refractivity contribution in [2.24, 2.45) is 0 Å². The maximum absolute atomic E-state index is 13.1. The van der Waals surface area contributed by atoms with Crippen LogP contribution >= 0.6 is 0 Å². The van der Waals surface area contributed by atoms with E-state index in [9.17, 15) is 18.4 Å². The van der Waals surface area contributed by atoms with Crippen molar-refractivity contribution in [3.63, 3.8) is 0 Å². The van der Waals surface area contributed by atoms with Gasteiger partial charge in [-0.15, -0.1) is 0 Å². The lowest BCUT2D eigenvalue weighted by Gasteiger charge is -2.29.